The predicted molar refractivity (Wildman–Crippen MR) is 135 cm³/mol. The van der Waals surface area contributed by atoms with Crippen molar-refractivity contribution in [3.05, 3.63) is 64.7 Å². The first-order valence-corrected chi connectivity index (χ1v) is 12.1. The third-order valence-electron chi connectivity index (χ3n) is 6.83. The maximum Gasteiger partial charge on any atom is 0.330 e. The standard InChI is InChI=1S/C27H25ClF2N4O3/c1-4-6-16-9-17-10-32-14-27(2,3)34(26(36)33-12-21(28)31-15-33)11-18(32)13-37-25(17)24(30)22(16)23-19(29)7-5-8-20(23)35/h5,7-9,12,15,18,35H,10-11,13-14H2,1-3H3/t18-/m1/s1. The molecule has 1 atom stereocenters. The average molecular weight is 527 g/mol. The van der Waals surface area contributed by atoms with Crippen LogP contribution in [-0.4, -0.2) is 61.8 Å². The van der Waals surface area contributed by atoms with Crippen LogP contribution in [-0.2, 0) is 6.54 Å². The molecule has 1 N–H and O–H groups in total. The van der Waals surface area contributed by atoms with Crippen LogP contribution in [0.5, 0.6) is 11.5 Å². The summed E-state index contributed by atoms with van der Waals surface area (Å²) in [7, 11) is 0. The molecule has 0 radical (unpaired) electrons. The number of amides is 1. The summed E-state index contributed by atoms with van der Waals surface area (Å²) in [5.41, 5.74) is -0.139. The molecule has 0 bridgehead atoms. The largest absolute Gasteiger partial charge is 0.507 e. The fraction of sp³-hybridized carbons (Fsp3) is 0.333. The molecule has 192 valence electrons. The number of hydrogen-bond acceptors (Lipinski definition) is 5. The molecule has 37 heavy (non-hydrogen) atoms. The number of benzene rings is 2. The first kappa shape index (κ1) is 25.1. The van der Waals surface area contributed by atoms with Gasteiger partial charge in [-0.3, -0.25) is 9.47 Å². The van der Waals surface area contributed by atoms with Crippen LogP contribution >= 0.6 is 11.6 Å². The molecule has 0 spiro atoms. The highest BCUT2D eigenvalue weighted by molar-refractivity contribution is 6.29. The zero-order valence-electron chi connectivity index (χ0n) is 20.6. The predicted octanol–water partition coefficient (Wildman–Crippen LogP) is 4.88. The van der Waals surface area contributed by atoms with Gasteiger partial charge in [0.2, 0.25) is 0 Å². The number of carbonyl (C=O) groups excluding carboxylic acids is 1. The second-order valence-electron chi connectivity index (χ2n) is 9.79. The monoisotopic (exact) mass is 526 g/mol. The Balaban J connectivity index is 1.53. The maximum atomic E-state index is 16.0. The third kappa shape index (κ3) is 4.41. The molecule has 1 amide bonds. The summed E-state index contributed by atoms with van der Waals surface area (Å²) in [4.78, 5) is 21.1. The number of phenolic OH excluding ortho intramolecular Hbond substituents is 1. The number of fused-ring (bicyclic) bond motifs is 2. The number of carbonyl (C=O) groups is 1. The van der Waals surface area contributed by atoms with Crippen LogP contribution in [0.15, 0.2) is 36.8 Å². The minimum Gasteiger partial charge on any atom is -0.507 e. The molecule has 0 saturated carbocycles. The molecule has 2 aromatic carbocycles. The number of aromatic hydroxyl groups is 1. The fourth-order valence-corrected chi connectivity index (χ4v) is 5.25. The molecular weight excluding hydrogens is 502 g/mol. The molecular formula is C27H25ClF2N4O3. The number of halogens is 3. The van der Waals surface area contributed by atoms with E-state index in [-0.39, 0.29) is 52.0 Å². The van der Waals surface area contributed by atoms with Crippen LogP contribution in [0.25, 0.3) is 11.1 Å². The molecule has 0 unspecified atom stereocenters. The van der Waals surface area contributed by atoms with E-state index in [9.17, 15) is 14.3 Å². The van der Waals surface area contributed by atoms with Gasteiger partial charge in [0.15, 0.2) is 11.6 Å². The van der Waals surface area contributed by atoms with Crippen molar-refractivity contribution in [1.82, 2.24) is 19.4 Å². The average Bonchev–Trinajstić information content (AvgIpc) is 3.19. The van der Waals surface area contributed by atoms with E-state index < -0.39 is 17.2 Å². The summed E-state index contributed by atoms with van der Waals surface area (Å²) in [5, 5.41) is 10.6. The van der Waals surface area contributed by atoms with E-state index in [1.807, 2.05) is 13.8 Å². The zero-order valence-corrected chi connectivity index (χ0v) is 21.3. The number of rotatable bonds is 1. The Hall–Kier alpha value is -3.61. The quantitative estimate of drug-likeness (QED) is 0.457. The van der Waals surface area contributed by atoms with Crippen LogP contribution in [0, 0.1) is 23.5 Å². The van der Waals surface area contributed by atoms with Crippen LogP contribution in [0.3, 0.4) is 0 Å². The van der Waals surface area contributed by atoms with Crippen molar-refractivity contribution in [1.29, 1.82) is 0 Å². The van der Waals surface area contributed by atoms with Gasteiger partial charge >= 0.3 is 6.03 Å². The van der Waals surface area contributed by atoms with Crippen molar-refractivity contribution in [3.63, 3.8) is 0 Å². The molecule has 10 heteroatoms. The van der Waals surface area contributed by atoms with Crippen LogP contribution in [0.2, 0.25) is 5.15 Å². The lowest BCUT2D eigenvalue weighted by Crippen LogP contribution is -2.65. The van der Waals surface area contributed by atoms with Crippen molar-refractivity contribution in [3.8, 4) is 34.5 Å². The van der Waals surface area contributed by atoms with Crippen molar-refractivity contribution in [2.24, 2.45) is 0 Å². The van der Waals surface area contributed by atoms with Crippen LogP contribution in [0.1, 0.15) is 31.9 Å². The van der Waals surface area contributed by atoms with Gasteiger partial charge in [-0.1, -0.05) is 23.6 Å². The summed E-state index contributed by atoms with van der Waals surface area (Å²) in [5.74, 6) is 3.66. The molecule has 1 aromatic heterocycles. The number of piperazine rings is 1. The smallest absolute Gasteiger partial charge is 0.330 e. The van der Waals surface area contributed by atoms with Gasteiger partial charge < -0.3 is 14.7 Å². The van der Waals surface area contributed by atoms with Crippen LogP contribution < -0.4 is 4.74 Å². The number of aromatic nitrogens is 2. The highest BCUT2D eigenvalue weighted by Gasteiger charge is 2.44. The van der Waals surface area contributed by atoms with E-state index in [4.69, 9.17) is 16.3 Å². The molecule has 3 heterocycles. The van der Waals surface area contributed by atoms with Crippen LogP contribution in [0.4, 0.5) is 13.6 Å². The van der Waals surface area contributed by atoms with Gasteiger partial charge in [0.1, 0.15) is 29.7 Å². The van der Waals surface area contributed by atoms with Gasteiger partial charge in [0.05, 0.1) is 23.3 Å². The topological polar surface area (TPSA) is 70.8 Å². The highest BCUT2D eigenvalue weighted by atomic mass is 35.5. The molecule has 3 aromatic rings. The Morgan fingerprint density at radius 1 is 1.30 bits per heavy atom. The van der Waals surface area contributed by atoms with E-state index in [2.05, 4.69) is 21.7 Å². The second-order valence-corrected chi connectivity index (χ2v) is 10.2. The van der Waals surface area contributed by atoms with Crippen molar-refractivity contribution in [2.75, 3.05) is 19.7 Å². The summed E-state index contributed by atoms with van der Waals surface area (Å²) in [6.45, 7) is 6.82. The lowest BCUT2D eigenvalue weighted by Gasteiger charge is -2.50. The number of hydrogen-bond donors (Lipinski definition) is 1. The van der Waals surface area contributed by atoms with E-state index in [0.29, 0.717) is 25.2 Å². The van der Waals surface area contributed by atoms with Gasteiger partial charge in [-0.05, 0) is 39.0 Å². The minimum absolute atomic E-state index is 0.00854. The molecule has 2 aliphatic heterocycles. The molecule has 0 aliphatic carbocycles. The molecule has 1 fully saturated rings. The normalized spacial score (nSPS) is 18.6. The lowest BCUT2D eigenvalue weighted by atomic mass is 9.93. The van der Waals surface area contributed by atoms with Gasteiger partial charge in [-0.15, -0.1) is 5.92 Å². The number of imidazole rings is 1. The van der Waals surface area contributed by atoms with Crippen molar-refractivity contribution in [2.45, 2.75) is 38.9 Å². The lowest BCUT2D eigenvalue weighted by molar-refractivity contribution is -0.00591. The van der Waals surface area contributed by atoms with Gasteiger partial charge in [0.25, 0.3) is 0 Å². The van der Waals surface area contributed by atoms with E-state index in [0.717, 1.165) is 6.07 Å². The Labute approximate surface area is 218 Å². The minimum atomic E-state index is -0.782. The molecule has 2 aliphatic rings. The first-order chi connectivity index (χ1) is 17.6. The van der Waals surface area contributed by atoms with Crippen molar-refractivity contribution < 1.29 is 23.4 Å². The summed E-state index contributed by atoms with van der Waals surface area (Å²) in [6.07, 6.45) is 2.83. The van der Waals surface area contributed by atoms with Gasteiger partial charge in [-0.25, -0.2) is 18.6 Å². The number of phenols is 1. The third-order valence-corrected chi connectivity index (χ3v) is 7.02. The zero-order chi connectivity index (χ0) is 26.5. The van der Waals surface area contributed by atoms with Gasteiger partial charge in [0, 0.05) is 36.3 Å². The Morgan fingerprint density at radius 2 is 2.08 bits per heavy atom. The highest BCUT2D eigenvalue weighted by Crippen LogP contribution is 2.42. The van der Waals surface area contributed by atoms with E-state index in [1.165, 1.54) is 29.2 Å². The van der Waals surface area contributed by atoms with Crippen molar-refractivity contribution >= 4 is 17.6 Å². The molecule has 1 saturated heterocycles. The Bertz CT molecular complexity index is 1440. The fourth-order valence-electron chi connectivity index (χ4n) is 5.10. The summed E-state index contributed by atoms with van der Waals surface area (Å²) in [6, 6.07) is 5.00. The van der Waals surface area contributed by atoms with Gasteiger partial charge in [-0.2, -0.15) is 0 Å². The second kappa shape index (κ2) is 9.36. The Morgan fingerprint density at radius 3 is 2.76 bits per heavy atom. The summed E-state index contributed by atoms with van der Waals surface area (Å²) >= 11 is 5.91. The maximum absolute atomic E-state index is 16.0. The first-order valence-electron chi connectivity index (χ1n) is 11.7. The number of nitrogens with zero attached hydrogens (tertiary/aromatic N) is 4. The Kier molecular flexibility index (Phi) is 6.34. The van der Waals surface area contributed by atoms with E-state index in [1.54, 1.807) is 17.9 Å². The number of ether oxygens (including phenoxy) is 1. The molecule has 7 nitrogen and oxygen atoms in total. The summed E-state index contributed by atoms with van der Waals surface area (Å²) < 4.78 is 38.1. The SMILES string of the molecule is CC#Cc1cc2c(c(F)c1-c1c(O)cccc1F)OC[C@H]1CN(C(=O)n3cnc(Cl)c3)C(C)(C)CN1C2. The molecule has 5 rings (SSSR count). The van der Waals surface area contributed by atoms with E-state index >= 15 is 4.39 Å².